The summed E-state index contributed by atoms with van der Waals surface area (Å²) in [6.07, 6.45) is 4.80. The van der Waals surface area contributed by atoms with Crippen LogP contribution in [0.5, 0.6) is 0 Å². The van der Waals surface area contributed by atoms with Gasteiger partial charge < -0.3 is 21.7 Å². The Hall–Kier alpha value is 1.18. The summed E-state index contributed by atoms with van der Waals surface area (Å²) in [6.45, 7) is 0. The molecular formula is C8H17KN2O4Pt. The van der Waals surface area contributed by atoms with E-state index in [-0.39, 0.29) is 84.5 Å². The number of hydrogen-bond donors (Lipinski definition) is 4. The normalized spacial score (nSPS) is 22.6. The first-order valence-electron chi connectivity index (χ1n) is 4.42. The Morgan fingerprint density at radius 1 is 0.938 bits per heavy atom. The second-order valence-corrected chi connectivity index (χ2v) is 3.22. The van der Waals surface area contributed by atoms with Crippen molar-refractivity contribution < 1.29 is 40.9 Å². The van der Waals surface area contributed by atoms with Gasteiger partial charge in [0.25, 0.3) is 0 Å². The average molecular weight is 439 g/mol. The molecule has 1 aliphatic carbocycles. The first-order chi connectivity index (χ1) is 6.45. The van der Waals surface area contributed by atoms with Crippen molar-refractivity contribution in [2.75, 3.05) is 0 Å². The first-order valence-corrected chi connectivity index (χ1v) is 4.42. The molecule has 8 heteroatoms. The number of hydrogen-bond acceptors (Lipinski definition) is 4. The molecule has 0 unspecified atom stereocenters. The van der Waals surface area contributed by atoms with Gasteiger partial charge in [0.15, 0.2) is 0 Å². The summed E-state index contributed by atoms with van der Waals surface area (Å²) >= 11 is 0. The van der Waals surface area contributed by atoms with Gasteiger partial charge in [-0.05, 0) is 12.8 Å². The molecule has 1 aliphatic rings. The van der Waals surface area contributed by atoms with E-state index in [9.17, 15) is 0 Å². The first kappa shape index (κ1) is 22.4. The minimum absolute atomic E-state index is 0. The van der Waals surface area contributed by atoms with Crippen LogP contribution in [0.1, 0.15) is 25.7 Å². The summed E-state index contributed by atoms with van der Waals surface area (Å²) in [6, 6.07) is 0.562. The Bertz CT molecular complexity index is 196. The zero-order valence-electron chi connectivity index (χ0n) is 8.16. The maximum atomic E-state index is 9.10. The van der Waals surface area contributed by atoms with Crippen LogP contribution >= 0.6 is 0 Å². The topological polar surface area (TPSA) is 127 Å². The molecule has 0 amide bonds. The molecule has 0 aromatic rings. The van der Waals surface area contributed by atoms with E-state index in [1.165, 1.54) is 12.8 Å². The fraction of sp³-hybridized carbons (Fsp3) is 0.750. The van der Waals surface area contributed by atoms with Gasteiger partial charge in [-0.1, -0.05) is 12.8 Å². The Balaban J connectivity index is -0.000000195. The van der Waals surface area contributed by atoms with Crippen LogP contribution in [-0.2, 0) is 30.7 Å². The molecule has 0 saturated heterocycles. The largest absolute Gasteiger partial charge is 0 e. The van der Waals surface area contributed by atoms with Crippen LogP contribution in [-0.4, -0.2) is 85.6 Å². The van der Waals surface area contributed by atoms with Crippen LogP contribution in [0.2, 0.25) is 0 Å². The Morgan fingerprint density at radius 3 is 1.31 bits per heavy atom. The molecule has 16 heavy (non-hydrogen) atoms. The SMILES string of the molecule is N[C@@H]1CCCC[C@H]1N.O=C(O)C(=O)O.[KH].[Pt]. The van der Waals surface area contributed by atoms with E-state index >= 15 is 0 Å². The molecule has 1 fully saturated rings. The van der Waals surface area contributed by atoms with Crippen molar-refractivity contribution in [2.24, 2.45) is 11.5 Å². The van der Waals surface area contributed by atoms with Gasteiger partial charge >= 0.3 is 63.3 Å². The molecule has 0 spiro atoms. The summed E-state index contributed by atoms with van der Waals surface area (Å²) in [4.78, 5) is 18.2. The van der Waals surface area contributed by atoms with Gasteiger partial charge in [0, 0.05) is 33.1 Å². The molecule has 94 valence electrons. The van der Waals surface area contributed by atoms with E-state index in [0.717, 1.165) is 12.8 Å². The average Bonchev–Trinajstić information content (AvgIpc) is 2.11. The van der Waals surface area contributed by atoms with E-state index in [0.29, 0.717) is 0 Å². The van der Waals surface area contributed by atoms with Crippen LogP contribution in [0.3, 0.4) is 0 Å². The number of carboxylic acid groups (broad SMARTS) is 2. The Labute approximate surface area is 151 Å². The van der Waals surface area contributed by atoms with Crippen molar-refractivity contribution in [2.45, 2.75) is 37.8 Å². The van der Waals surface area contributed by atoms with Gasteiger partial charge in [0.2, 0.25) is 0 Å². The monoisotopic (exact) mass is 439 g/mol. The van der Waals surface area contributed by atoms with Crippen molar-refractivity contribution >= 4 is 63.3 Å². The molecule has 2 atom stereocenters. The van der Waals surface area contributed by atoms with Crippen LogP contribution < -0.4 is 11.5 Å². The van der Waals surface area contributed by atoms with Crippen LogP contribution in [0.15, 0.2) is 0 Å². The molecule has 0 aliphatic heterocycles. The fourth-order valence-electron chi connectivity index (χ4n) is 1.19. The van der Waals surface area contributed by atoms with Crippen LogP contribution in [0.25, 0.3) is 0 Å². The zero-order valence-corrected chi connectivity index (χ0v) is 10.4. The third-order valence-electron chi connectivity index (χ3n) is 2.06. The summed E-state index contributed by atoms with van der Waals surface area (Å²) in [5.41, 5.74) is 11.3. The number of carboxylic acids is 2. The van der Waals surface area contributed by atoms with Gasteiger partial charge in [0.1, 0.15) is 0 Å². The van der Waals surface area contributed by atoms with Crippen LogP contribution in [0, 0.1) is 0 Å². The van der Waals surface area contributed by atoms with Gasteiger partial charge in [0.05, 0.1) is 0 Å². The predicted octanol–water partition coefficient (Wildman–Crippen LogP) is -1.28. The van der Waals surface area contributed by atoms with Gasteiger partial charge in [-0.3, -0.25) is 0 Å². The van der Waals surface area contributed by atoms with Gasteiger partial charge in [-0.25, -0.2) is 9.59 Å². The third kappa shape index (κ3) is 11.7. The van der Waals surface area contributed by atoms with E-state index in [1.807, 2.05) is 0 Å². The molecular weight excluding hydrogens is 422 g/mol. The Morgan fingerprint density at radius 2 is 1.19 bits per heavy atom. The minimum atomic E-state index is -1.82. The standard InChI is InChI=1S/C6H14N2.C2H2O4.K.Pt.H/c7-5-3-1-2-4-6(5)8;3-1(4)2(5)6;;;/h5-6H,1-4,7-8H2;(H,3,4)(H,5,6);;;/t5-,6-;;;;/m1..../s1. The number of aliphatic carboxylic acids is 2. The van der Waals surface area contributed by atoms with Crippen molar-refractivity contribution in [1.29, 1.82) is 0 Å². The minimum Gasteiger partial charge on any atom is 0 e. The zero-order chi connectivity index (χ0) is 11.1. The van der Waals surface area contributed by atoms with E-state index in [1.54, 1.807) is 0 Å². The fourth-order valence-corrected chi connectivity index (χ4v) is 1.19. The van der Waals surface area contributed by atoms with E-state index in [4.69, 9.17) is 31.3 Å². The quantitative estimate of drug-likeness (QED) is 0.275. The van der Waals surface area contributed by atoms with Gasteiger partial charge in [-0.2, -0.15) is 0 Å². The molecule has 6 nitrogen and oxygen atoms in total. The second kappa shape index (κ2) is 12.6. The van der Waals surface area contributed by atoms with Crippen molar-refractivity contribution in [3.05, 3.63) is 0 Å². The number of rotatable bonds is 0. The molecule has 0 heterocycles. The summed E-state index contributed by atoms with van der Waals surface area (Å²) in [5.74, 6) is -3.65. The number of nitrogens with two attached hydrogens (primary N) is 2. The van der Waals surface area contributed by atoms with Gasteiger partial charge in [-0.15, -0.1) is 0 Å². The number of carbonyl (C=O) groups is 2. The third-order valence-corrected chi connectivity index (χ3v) is 2.06. The smallest absolute Gasteiger partial charge is 0 e. The molecule has 0 bridgehead atoms. The summed E-state index contributed by atoms with van der Waals surface area (Å²) < 4.78 is 0. The summed E-state index contributed by atoms with van der Waals surface area (Å²) in [5, 5.41) is 14.8. The van der Waals surface area contributed by atoms with Crippen LogP contribution in [0.4, 0.5) is 0 Å². The van der Waals surface area contributed by atoms with Crippen molar-refractivity contribution in [3.63, 3.8) is 0 Å². The molecule has 1 rings (SSSR count). The molecule has 1 saturated carbocycles. The van der Waals surface area contributed by atoms with E-state index < -0.39 is 11.9 Å². The maximum Gasteiger partial charge on any atom is 0 e. The molecule has 0 aromatic carbocycles. The van der Waals surface area contributed by atoms with Crippen molar-refractivity contribution in [1.82, 2.24) is 0 Å². The summed E-state index contributed by atoms with van der Waals surface area (Å²) in [7, 11) is 0. The molecule has 0 radical (unpaired) electrons. The van der Waals surface area contributed by atoms with E-state index in [2.05, 4.69) is 0 Å². The molecule has 6 N–H and O–H groups in total. The predicted molar refractivity (Wildman–Crippen MR) is 56.8 cm³/mol. The molecule has 0 aromatic heterocycles. The Kier molecular flexibility index (Phi) is 17.7. The maximum absolute atomic E-state index is 9.10. The van der Waals surface area contributed by atoms with Crippen molar-refractivity contribution in [3.8, 4) is 0 Å². The second-order valence-electron chi connectivity index (χ2n) is 3.22.